The van der Waals surface area contributed by atoms with E-state index in [-0.39, 0.29) is 16.8 Å². The Kier molecular flexibility index (Phi) is 5.77. The molecule has 1 aromatic rings. The molecule has 2 fully saturated rings. The molecule has 1 amide bonds. The van der Waals surface area contributed by atoms with Gasteiger partial charge in [0.25, 0.3) is 0 Å². The van der Waals surface area contributed by atoms with Crippen molar-refractivity contribution in [1.82, 2.24) is 5.32 Å². The number of hydrogen-bond donors (Lipinski definition) is 1. The zero-order valence-electron chi connectivity index (χ0n) is 16.5. The Morgan fingerprint density at radius 1 is 1.22 bits per heavy atom. The van der Waals surface area contributed by atoms with E-state index in [0.29, 0.717) is 26.4 Å². The van der Waals surface area contributed by atoms with Gasteiger partial charge in [-0.1, -0.05) is 12.1 Å². The van der Waals surface area contributed by atoms with Gasteiger partial charge >= 0.3 is 6.09 Å². The number of carbonyl (C=O) groups is 1. The predicted octanol–water partition coefficient (Wildman–Crippen LogP) is 3.95. The van der Waals surface area contributed by atoms with Crippen molar-refractivity contribution in [3.63, 3.8) is 0 Å². The predicted molar refractivity (Wildman–Crippen MR) is 100 cm³/mol. The monoisotopic (exact) mass is 379 g/mol. The number of carbonyl (C=O) groups excluding carboxylic acids is 1. The lowest BCUT2D eigenvalue weighted by molar-refractivity contribution is -0.108. The fourth-order valence-electron chi connectivity index (χ4n) is 4.19. The topological polar surface area (TPSA) is 56.8 Å². The Morgan fingerprint density at radius 3 is 2.59 bits per heavy atom. The number of amides is 1. The van der Waals surface area contributed by atoms with Crippen LogP contribution in [0.25, 0.3) is 0 Å². The quantitative estimate of drug-likeness (QED) is 0.861. The van der Waals surface area contributed by atoms with Crippen molar-refractivity contribution in [3.05, 3.63) is 35.6 Å². The minimum atomic E-state index is -0.525. The maximum absolute atomic E-state index is 13.5. The Hall–Kier alpha value is -1.66. The van der Waals surface area contributed by atoms with Crippen LogP contribution < -0.4 is 5.32 Å². The van der Waals surface area contributed by atoms with Crippen molar-refractivity contribution in [2.75, 3.05) is 26.4 Å². The van der Waals surface area contributed by atoms with E-state index in [1.54, 1.807) is 0 Å². The molecule has 6 heteroatoms. The molecule has 0 bridgehead atoms. The molecule has 1 N–H and O–H groups in total. The smallest absolute Gasteiger partial charge is 0.407 e. The summed E-state index contributed by atoms with van der Waals surface area (Å²) in [5, 5.41) is 2.86. The molecule has 2 aliphatic heterocycles. The van der Waals surface area contributed by atoms with Gasteiger partial charge < -0.3 is 19.5 Å². The molecule has 150 valence electrons. The maximum Gasteiger partial charge on any atom is 0.407 e. The summed E-state index contributed by atoms with van der Waals surface area (Å²) >= 11 is 0. The van der Waals surface area contributed by atoms with Gasteiger partial charge in [0.15, 0.2) is 0 Å². The van der Waals surface area contributed by atoms with Crippen LogP contribution in [0.5, 0.6) is 0 Å². The number of ether oxygens (including phenoxy) is 3. The Morgan fingerprint density at radius 2 is 1.96 bits per heavy atom. The van der Waals surface area contributed by atoms with Gasteiger partial charge in [0.2, 0.25) is 0 Å². The van der Waals surface area contributed by atoms with Crippen LogP contribution in [-0.2, 0) is 19.6 Å². The largest absolute Gasteiger partial charge is 0.444 e. The van der Waals surface area contributed by atoms with E-state index in [4.69, 9.17) is 14.2 Å². The van der Waals surface area contributed by atoms with Crippen molar-refractivity contribution in [1.29, 1.82) is 0 Å². The molecular formula is C21H30FNO4. The third-order valence-electron chi connectivity index (χ3n) is 5.44. The molecule has 2 unspecified atom stereocenters. The van der Waals surface area contributed by atoms with E-state index >= 15 is 0 Å². The van der Waals surface area contributed by atoms with Gasteiger partial charge in [0.1, 0.15) is 11.4 Å². The molecule has 2 saturated heterocycles. The lowest BCUT2D eigenvalue weighted by Gasteiger charge is -2.46. The first-order chi connectivity index (χ1) is 12.7. The molecule has 2 heterocycles. The average Bonchev–Trinajstić information content (AvgIpc) is 3.01. The van der Waals surface area contributed by atoms with Crippen LogP contribution in [-0.4, -0.2) is 43.7 Å². The molecule has 0 aromatic heterocycles. The SMILES string of the molecule is CC(C)(C)OC(=O)NCCC1(c2ccc(F)cc2)CCOC2(CCOC2)C1. The van der Waals surface area contributed by atoms with Crippen LogP contribution in [0.1, 0.15) is 52.0 Å². The van der Waals surface area contributed by atoms with Gasteiger partial charge in [-0.25, -0.2) is 9.18 Å². The third kappa shape index (κ3) is 4.99. The Balaban J connectivity index is 1.74. The van der Waals surface area contributed by atoms with Crippen LogP contribution in [0.2, 0.25) is 0 Å². The zero-order valence-corrected chi connectivity index (χ0v) is 16.5. The normalized spacial score (nSPS) is 28.3. The molecule has 1 spiro atoms. The standard InChI is InChI=1S/C21H30FNO4/c1-19(2,3)27-18(24)23-11-8-20(16-4-6-17(22)7-5-16)9-13-26-21(14-20)10-12-25-15-21/h4-7H,8-15H2,1-3H3,(H,23,24). The summed E-state index contributed by atoms with van der Waals surface area (Å²) < 4.78 is 30.5. The number of nitrogens with one attached hydrogen (secondary N) is 1. The average molecular weight is 379 g/mol. The molecule has 3 rings (SSSR count). The van der Waals surface area contributed by atoms with Crippen molar-refractivity contribution in [3.8, 4) is 0 Å². The molecule has 5 nitrogen and oxygen atoms in total. The van der Waals surface area contributed by atoms with Gasteiger partial charge in [-0.15, -0.1) is 0 Å². The van der Waals surface area contributed by atoms with E-state index in [2.05, 4.69) is 5.32 Å². The summed E-state index contributed by atoms with van der Waals surface area (Å²) in [6, 6.07) is 6.73. The van der Waals surface area contributed by atoms with Gasteiger partial charge in [-0.05, 0) is 57.7 Å². The summed E-state index contributed by atoms with van der Waals surface area (Å²) in [5.74, 6) is -0.244. The maximum atomic E-state index is 13.5. The molecule has 2 atom stereocenters. The highest BCUT2D eigenvalue weighted by Gasteiger charge is 2.48. The number of halogens is 1. The van der Waals surface area contributed by atoms with Gasteiger partial charge in [0, 0.05) is 31.6 Å². The van der Waals surface area contributed by atoms with E-state index in [9.17, 15) is 9.18 Å². The summed E-state index contributed by atoms with van der Waals surface area (Å²) in [7, 11) is 0. The fourth-order valence-corrected chi connectivity index (χ4v) is 4.19. The van der Waals surface area contributed by atoms with Crippen molar-refractivity contribution in [2.24, 2.45) is 0 Å². The van der Waals surface area contributed by atoms with Crippen LogP contribution in [0.4, 0.5) is 9.18 Å². The second-order valence-corrected chi connectivity index (χ2v) is 8.73. The molecule has 0 radical (unpaired) electrons. The zero-order chi connectivity index (χ0) is 19.5. The fraction of sp³-hybridized carbons (Fsp3) is 0.667. The second kappa shape index (κ2) is 7.76. The molecule has 27 heavy (non-hydrogen) atoms. The summed E-state index contributed by atoms with van der Waals surface area (Å²) in [4.78, 5) is 12.0. The minimum Gasteiger partial charge on any atom is -0.444 e. The van der Waals surface area contributed by atoms with Gasteiger partial charge in [-0.2, -0.15) is 0 Å². The number of hydrogen-bond acceptors (Lipinski definition) is 4. The molecule has 2 aliphatic rings. The van der Waals surface area contributed by atoms with Crippen LogP contribution >= 0.6 is 0 Å². The first kappa shape index (κ1) is 20.1. The number of benzene rings is 1. The number of alkyl carbamates (subject to hydrolysis) is 1. The third-order valence-corrected chi connectivity index (χ3v) is 5.44. The molecule has 0 saturated carbocycles. The summed E-state index contributed by atoms with van der Waals surface area (Å²) in [5.41, 5.74) is 0.0973. The lowest BCUT2D eigenvalue weighted by Crippen LogP contribution is -2.49. The van der Waals surface area contributed by atoms with Crippen LogP contribution in [0.15, 0.2) is 24.3 Å². The molecule has 1 aromatic carbocycles. The first-order valence-corrected chi connectivity index (χ1v) is 9.67. The Bertz CT molecular complexity index is 649. The van der Waals surface area contributed by atoms with E-state index < -0.39 is 11.7 Å². The van der Waals surface area contributed by atoms with E-state index in [0.717, 1.165) is 31.2 Å². The van der Waals surface area contributed by atoms with Crippen molar-refractivity contribution >= 4 is 6.09 Å². The van der Waals surface area contributed by atoms with Gasteiger partial charge in [0.05, 0.1) is 12.2 Å². The highest BCUT2D eigenvalue weighted by molar-refractivity contribution is 5.67. The molecular weight excluding hydrogens is 349 g/mol. The van der Waals surface area contributed by atoms with Crippen LogP contribution in [0, 0.1) is 5.82 Å². The second-order valence-electron chi connectivity index (χ2n) is 8.73. The molecule has 0 aliphatic carbocycles. The van der Waals surface area contributed by atoms with E-state index in [1.165, 1.54) is 12.1 Å². The van der Waals surface area contributed by atoms with E-state index in [1.807, 2.05) is 32.9 Å². The summed E-state index contributed by atoms with van der Waals surface area (Å²) in [6.07, 6.45) is 2.83. The Labute approximate surface area is 160 Å². The highest BCUT2D eigenvalue weighted by atomic mass is 19.1. The number of rotatable bonds is 4. The highest BCUT2D eigenvalue weighted by Crippen LogP contribution is 2.46. The summed E-state index contributed by atoms with van der Waals surface area (Å²) in [6.45, 7) is 7.94. The first-order valence-electron chi connectivity index (χ1n) is 9.67. The lowest BCUT2D eigenvalue weighted by atomic mass is 9.66. The minimum absolute atomic E-state index is 0.186. The van der Waals surface area contributed by atoms with Crippen molar-refractivity contribution < 1.29 is 23.4 Å². The van der Waals surface area contributed by atoms with Gasteiger partial charge in [-0.3, -0.25) is 0 Å². The van der Waals surface area contributed by atoms with Crippen LogP contribution in [0.3, 0.4) is 0 Å². The van der Waals surface area contributed by atoms with Crippen molar-refractivity contribution in [2.45, 2.75) is 63.1 Å².